The lowest BCUT2D eigenvalue weighted by Gasteiger charge is -2.18. The highest BCUT2D eigenvalue weighted by molar-refractivity contribution is 6.52. The average Bonchev–Trinajstić information content (AvgIpc) is 3.01. The third kappa shape index (κ3) is 5.64. The van der Waals surface area contributed by atoms with E-state index in [2.05, 4.69) is 0 Å². The maximum Gasteiger partial charge on any atom is 0.234 e. The Morgan fingerprint density at radius 3 is 1.12 bits per heavy atom. The van der Waals surface area contributed by atoms with Gasteiger partial charge in [-0.3, -0.25) is 19.2 Å². The summed E-state index contributed by atoms with van der Waals surface area (Å²) in [6.45, 7) is 0. The van der Waals surface area contributed by atoms with Crippen molar-refractivity contribution in [1.82, 2.24) is 0 Å². The maximum absolute atomic E-state index is 13.7. The van der Waals surface area contributed by atoms with Crippen molar-refractivity contribution >= 4 is 23.1 Å². The Balaban J connectivity index is 2.00. The first-order valence-electron chi connectivity index (χ1n) is 12.4. The molecule has 0 amide bonds. The fourth-order valence-electron chi connectivity index (χ4n) is 4.38. The Hall–Kier alpha value is -5.64. The molecule has 0 aliphatic carbocycles. The Morgan fingerprint density at radius 2 is 0.810 bits per heavy atom. The molecular formula is C32H26O10. The monoisotopic (exact) mass is 570 g/mol. The van der Waals surface area contributed by atoms with Gasteiger partial charge in [0, 0.05) is 22.3 Å². The van der Waals surface area contributed by atoms with Gasteiger partial charge in [0.1, 0.15) is 11.5 Å². The quantitative estimate of drug-likeness (QED) is 0.188. The minimum atomic E-state index is -0.982. The first-order chi connectivity index (χ1) is 20.1. The smallest absolute Gasteiger partial charge is 0.234 e. The summed E-state index contributed by atoms with van der Waals surface area (Å²) < 4.78 is 21.6. The molecule has 4 rings (SSSR count). The summed E-state index contributed by atoms with van der Waals surface area (Å²) in [6.07, 6.45) is 0. The van der Waals surface area contributed by atoms with E-state index in [0.29, 0.717) is 0 Å². The highest BCUT2D eigenvalue weighted by atomic mass is 16.5. The molecule has 0 saturated carbocycles. The van der Waals surface area contributed by atoms with Gasteiger partial charge in [-0.15, -0.1) is 0 Å². The number of hydrogen-bond acceptors (Lipinski definition) is 10. The van der Waals surface area contributed by atoms with Gasteiger partial charge in [0.2, 0.25) is 23.1 Å². The topological polar surface area (TPSA) is 146 Å². The second-order valence-electron chi connectivity index (χ2n) is 8.92. The Bertz CT molecular complexity index is 1590. The van der Waals surface area contributed by atoms with Crippen LogP contribution in [-0.2, 0) is 0 Å². The van der Waals surface area contributed by atoms with Crippen LogP contribution in [0.3, 0.4) is 0 Å². The first kappa shape index (κ1) is 29.3. The van der Waals surface area contributed by atoms with Crippen molar-refractivity contribution in [2.24, 2.45) is 0 Å². The van der Waals surface area contributed by atoms with Gasteiger partial charge in [-0.1, -0.05) is 24.3 Å². The fraction of sp³-hybridized carbons (Fsp3) is 0.125. The zero-order valence-electron chi connectivity index (χ0n) is 23.1. The summed E-state index contributed by atoms with van der Waals surface area (Å²) in [5.41, 5.74) is -0.371. The van der Waals surface area contributed by atoms with Crippen molar-refractivity contribution in [3.63, 3.8) is 0 Å². The number of aromatic hydroxyl groups is 2. The van der Waals surface area contributed by atoms with E-state index in [1.54, 1.807) is 0 Å². The molecule has 0 bridgehead atoms. The molecule has 0 fully saturated rings. The van der Waals surface area contributed by atoms with Crippen LogP contribution >= 0.6 is 0 Å². The number of ether oxygens (including phenoxy) is 4. The lowest BCUT2D eigenvalue weighted by atomic mass is 9.87. The first-order valence-corrected chi connectivity index (χ1v) is 12.4. The molecule has 42 heavy (non-hydrogen) atoms. The molecule has 0 aliphatic heterocycles. The molecule has 0 saturated heterocycles. The summed E-state index contributed by atoms with van der Waals surface area (Å²) in [7, 11) is 5.44. The molecule has 0 heterocycles. The van der Waals surface area contributed by atoms with E-state index in [4.69, 9.17) is 18.9 Å². The number of phenols is 2. The minimum Gasteiger partial charge on any atom is -0.508 e. The van der Waals surface area contributed by atoms with Crippen LogP contribution in [0.25, 0.3) is 11.1 Å². The molecule has 0 radical (unpaired) electrons. The van der Waals surface area contributed by atoms with Crippen molar-refractivity contribution in [3.8, 4) is 45.6 Å². The van der Waals surface area contributed by atoms with Crippen LogP contribution in [-0.4, -0.2) is 61.8 Å². The van der Waals surface area contributed by atoms with Crippen LogP contribution in [0.15, 0.2) is 72.8 Å². The van der Waals surface area contributed by atoms with Gasteiger partial charge in [0.05, 0.1) is 28.4 Å². The van der Waals surface area contributed by atoms with Gasteiger partial charge < -0.3 is 29.2 Å². The standard InChI is InChI=1S/C32H26O10/c1-39-25-13-21(23(15-27(25)41-3)31(37)29(35)17-7-5-9-19(33)11-17)22-14-26(40-2)28(42-4)16-24(22)32(38)30(36)18-8-6-10-20(34)12-18/h5-16,33-34H,1-4H3. The van der Waals surface area contributed by atoms with Crippen LogP contribution < -0.4 is 18.9 Å². The van der Waals surface area contributed by atoms with E-state index in [1.807, 2.05) is 0 Å². The van der Waals surface area contributed by atoms with Crippen LogP contribution in [0.1, 0.15) is 41.4 Å². The van der Waals surface area contributed by atoms with E-state index in [-0.39, 0.29) is 67.9 Å². The molecule has 214 valence electrons. The summed E-state index contributed by atoms with van der Waals surface area (Å²) in [5, 5.41) is 19.7. The molecule has 10 heteroatoms. The number of phenolic OH excluding ortho intramolecular Hbond substituents is 2. The second-order valence-corrected chi connectivity index (χ2v) is 8.92. The summed E-state index contributed by atoms with van der Waals surface area (Å²) in [5.74, 6) is -3.68. The fourth-order valence-corrected chi connectivity index (χ4v) is 4.38. The SMILES string of the molecule is COc1cc(C(=O)C(=O)c2cccc(O)c2)c(-c2cc(OC)c(OC)cc2C(=O)C(=O)c2cccc(O)c2)cc1OC. The number of carbonyl (C=O) groups excluding carboxylic acids is 4. The van der Waals surface area contributed by atoms with E-state index < -0.39 is 23.1 Å². The number of methoxy groups -OCH3 is 4. The third-order valence-electron chi connectivity index (χ3n) is 6.46. The normalized spacial score (nSPS) is 10.5. The Kier molecular flexibility index (Phi) is 8.56. The predicted molar refractivity (Wildman–Crippen MR) is 152 cm³/mol. The van der Waals surface area contributed by atoms with Crippen LogP contribution in [0.2, 0.25) is 0 Å². The third-order valence-corrected chi connectivity index (χ3v) is 6.46. The van der Waals surface area contributed by atoms with Crippen LogP contribution in [0, 0.1) is 0 Å². The minimum absolute atomic E-state index is 0.0548. The summed E-state index contributed by atoms with van der Waals surface area (Å²) in [4.78, 5) is 54.0. The van der Waals surface area contributed by atoms with Gasteiger partial charge in [0.15, 0.2) is 23.0 Å². The lowest BCUT2D eigenvalue weighted by Crippen LogP contribution is -2.18. The molecule has 0 spiro atoms. The number of Topliss-reactive ketones (excluding diaryl/α,β-unsaturated/α-hetero) is 4. The highest BCUT2D eigenvalue weighted by Crippen LogP contribution is 2.42. The zero-order valence-corrected chi connectivity index (χ0v) is 23.1. The average molecular weight is 571 g/mol. The Morgan fingerprint density at radius 1 is 0.476 bits per heavy atom. The van der Waals surface area contributed by atoms with E-state index in [9.17, 15) is 29.4 Å². The number of rotatable bonds is 11. The van der Waals surface area contributed by atoms with E-state index >= 15 is 0 Å². The van der Waals surface area contributed by atoms with Gasteiger partial charge in [-0.05, 0) is 59.7 Å². The van der Waals surface area contributed by atoms with Crippen molar-refractivity contribution < 1.29 is 48.3 Å². The molecule has 0 atom stereocenters. The van der Waals surface area contributed by atoms with E-state index in [1.165, 1.54) is 89.1 Å². The van der Waals surface area contributed by atoms with E-state index in [0.717, 1.165) is 12.1 Å². The van der Waals surface area contributed by atoms with Crippen LogP contribution in [0.4, 0.5) is 0 Å². The zero-order chi connectivity index (χ0) is 30.6. The van der Waals surface area contributed by atoms with Gasteiger partial charge in [0.25, 0.3) is 0 Å². The summed E-state index contributed by atoms with van der Waals surface area (Å²) in [6, 6.07) is 16.0. The number of benzene rings is 4. The molecular weight excluding hydrogens is 544 g/mol. The lowest BCUT2D eigenvalue weighted by molar-refractivity contribution is 0.0816. The second kappa shape index (κ2) is 12.3. The highest BCUT2D eigenvalue weighted by Gasteiger charge is 2.30. The van der Waals surface area contributed by atoms with Crippen LogP contribution in [0.5, 0.6) is 34.5 Å². The molecule has 4 aromatic rings. The van der Waals surface area contributed by atoms with Crippen molar-refractivity contribution in [3.05, 3.63) is 95.1 Å². The van der Waals surface area contributed by atoms with Gasteiger partial charge >= 0.3 is 0 Å². The maximum atomic E-state index is 13.7. The predicted octanol–water partition coefficient (Wildman–Crippen LogP) is 4.93. The Labute approximate surface area is 240 Å². The molecule has 0 aliphatic rings. The van der Waals surface area contributed by atoms with Crippen molar-refractivity contribution in [2.45, 2.75) is 0 Å². The van der Waals surface area contributed by atoms with Gasteiger partial charge in [-0.25, -0.2) is 0 Å². The number of hydrogen-bond donors (Lipinski definition) is 2. The van der Waals surface area contributed by atoms with Crippen molar-refractivity contribution in [1.29, 1.82) is 0 Å². The summed E-state index contributed by atoms with van der Waals surface area (Å²) >= 11 is 0. The van der Waals surface area contributed by atoms with Crippen molar-refractivity contribution in [2.75, 3.05) is 28.4 Å². The van der Waals surface area contributed by atoms with Gasteiger partial charge in [-0.2, -0.15) is 0 Å². The molecule has 2 N–H and O–H groups in total. The number of carbonyl (C=O) groups is 4. The molecule has 4 aromatic carbocycles. The molecule has 10 nitrogen and oxygen atoms in total. The molecule has 0 unspecified atom stereocenters. The largest absolute Gasteiger partial charge is 0.508 e. The number of ketones is 4. The molecule has 0 aromatic heterocycles.